The number of aryl methyl sites for hydroxylation is 1. The summed E-state index contributed by atoms with van der Waals surface area (Å²) in [6.45, 7) is 7.72. The van der Waals surface area contributed by atoms with Crippen molar-refractivity contribution in [2.75, 3.05) is 40.3 Å². The van der Waals surface area contributed by atoms with Gasteiger partial charge in [-0.3, -0.25) is 9.69 Å². The molecule has 0 aliphatic carbocycles. The smallest absolute Gasteiger partial charge is 0.317 e. The highest BCUT2D eigenvalue weighted by molar-refractivity contribution is 5.97. The van der Waals surface area contributed by atoms with Crippen molar-refractivity contribution in [3.05, 3.63) is 29.6 Å². The topological polar surface area (TPSA) is 73.7 Å². The molecular weight excluding hydrogens is 356 g/mol. The Morgan fingerprint density at radius 3 is 2.46 bits per heavy atom. The molecule has 0 unspecified atom stereocenters. The van der Waals surface area contributed by atoms with Crippen LogP contribution in [-0.4, -0.2) is 82.5 Å². The molecule has 0 spiro atoms. The highest BCUT2D eigenvalue weighted by Crippen LogP contribution is 2.19. The third-order valence-electron chi connectivity index (χ3n) is 5.06. The maximum atomic E-state index is 12.2. The normalized spacial score (nSPS) is 15.3. The van der Waals surface area contributed by atoms with Crippen LogP contribution in [0.25, 0.3) is 11.0 Å². The molecule has 1 fully saturated rings. The van der Waals surface area contributed by atoms with E-state index in [0.717, 1.165) is 36.5 Å². The number of aromatic nitrogens is 2. The van der Waals surface area contributed by atoms with E-state index in [9.17, 15) is 9.59 Å². The quantitative estimate of drug-likeness (QED) is 0.865. The average molecular weight is 387 g/mol. The fraction of sp³-hybridized carbons (Fsp3) is 0.550. The van der Waals surface area contributed by atoms with Crippen LogP contribution in [0.1, 0.15) is 30.0 Å². The molecule has 3 rings (SSSR count). The molecule has 0 atom stereocenters. The number of carbonyl (C=O) groups excluding carboxylic acids is 2. The highest BCUT2D eigenvalue weighted by atomic mass is 16.2. The minimum atomic E-state index is -0.0232. The van der Waals surface area contributed by atoms with E-state index in [0.29, 0.717) is 18.7 Å². The van der Waals surface area contributed by atoms with E-state index < -0.39 is 0 Å². The predicted octanol–water partition coefficient (Wildman–Crippen LogP) is 1.51. The molecule has 1 aliphatic rings. The summed E-state index contributed by atoms with van der Waals surface area (Å²) < 4.78 is 2.08. The van der Waals surface area contributed by atoms with Gasteiger partial charge in [0, 0.05) is 58.9 Å². The van der Waals surface area contributed by atoms with Crippen LogP contribution in [0.4, 0.5) is 4.79 Å². The van der Waals surface area contributed by atoms with Gasteiger partial charge in [0.25, 0.3) is 5.91 Å². The van der Waals surface area contributed by atoms with E-state index in [2.05, 4.69) is 14.8 Å². The summed E-state index contributed by atoms with van der Waals surface area (Å²) in [4.78, 5) is 34.8. The molecule has 2 aromatic rings. The zero-order valence-corrected chi connectivity index (χ0v) is 17.4. The third kappa shape index (κ3) is 4.27. The Bertz CT molecular complexity index is 865. The van der Waals surface area contributed by atoms with Gasteiger partial charge in [0.15, 0.2) is 0 Å². The number of amides is 3. The Labute approximate surface area is 166 Å². The Kier molecular flexibility index (Phi) is 5.88. The van der Waals surface area contributed by atoms with Gasteiger partial charge >= 0.3 is 6.03 Å². The van der Waals surface area contributed by atoms with E-state index in [1.165, 1.54) is 0 Å². The second kappa shape index (κ2) is 8.18. The van der Waals surface area contributed by atoms with Gasteiger partial charge in [0.2, 0.25) is 0 Å². The summed E-state index contributed by atoms with van der Waals surface area (Å²) in [5.74, 6) is 0.939. The summed E-state index contributed by atoms with van der Waals surface area (Å²) in [6, 6.07) is 5.82. The van der Waals surface area contributed by atoms with Gasteiger partial charge in [0.1, 0.15) is 5.82 Å². The number of hydrogen-bond acceptors (Lipinski definition) is 4. The molecule has 152 valence electrons. The number of fused-ring (bicyclic) bond motifs is 1. The lowest BCUT2D eigenvalue weighted by molar-refractivity contribution is 0.0827. The van der Waals surface area contributed by atoms with Gasteiger partial charge < -0.3 is 19.7 Å². The Morgan fingerprint density at radius 1 is 1.18 bits per heavy atom. The van der Waals surface area contributed by atoms with Gasteiger partial charge in [-0.2, -0.15) is 0 Å². The number of hydrogen-bond donors (Lipinski definition) is 1. The number of urea groups is 1. The molecule has 1 saturated heterocycles. The van der Waals surface area contributed by atoms with Crippen LogP contribution in [0, 0.1) is 0 Å². The third-order valence-corrected chi connectivity index (χ3v) is 5.06. The van der Waals surface area contributed by atoms with E-state index in [1.807, 2.05) is 44.0 Å². The number of carbonyl (C=O) groups is 2. The number of rotatable bonds is 4. The molecule has 8 heteroatoms. The molecule has 2 heterocycles. The van der Waals surface area contributed by atoms with Crippen molar-refractivity contribution < 1.29 is 9.59 Å². The second-order valence-corrected chi connectivity index (χ2v) is 7.86. The molecule has 28 heavy (non-hydrogen) atoms. The SMILES string of the molecule is CC(C)NC(=O)N1CCN(Cc2nc3cc(C(=O)N(C)C)ccc3n2C)CC1. The van der Waals surface area contributed by atoms with Crippen LogP contribution in [-0.2, 0) is 13.6 Å². The average Bonchev–Trinajstić information content (AvgIpc) is 2.96. The van der Waals surface area contributed by atoms with E-state index in [4.69, 9.17) is 4.98 Å². The predicted molar refractivity (Wildman–Crippen MR) is 109 cm³/mol. The maximum Gasteiger partial charge on any atom is 0.317 e. The van der Waals surface area contributed by atoms with Crippen molar-refractivity contribution in [3.8, 4) is 0 Å². The molecule has 1 aromatic heterocycles. The van der Waals surface area contributed by atoms with Gasteiger partial charge in [-0.1, -0.05) is 0 Å². The number of imidazole rings is 1. The van der Waals surface area contributed by atoms with Crippen molar-refractivity contribution in [1.29, 1.82) is 0 Å². The molecule has 1 aromatic carbocycles. The van der Waals surface area contributed by atoms with E-state index >= 15 is 0 Å². The fourth-order valence-electron chi connectivity index (χ4n) is 3.43. The van der Waals surface area contributed by atoms with Crippen molar-refractivity contribution in [1.82, 2.24) is 29.6 Å². The standard InChI is InChI=1S/C20H30N6O2/c1-14(2)21-20(28)26-10-8-25(9-11-26)13-18-22-16-12-15(19(27)23(3)4)6-7-17(16)24(18)5/h6-7,12,14H,8-11,13H2,1-5H3,(H,21,28). The molecule has 0 radical (unpaired) electrons. The van der Waals surface area contributed by atoms with Crippen LogP contribution in [0.3, 0.4) is 0 Å². The molecule has 0 bridgehead atoms. The summed E-state index contributed by atoms with van der Waals surface area (Å²) in [7, 11) is 5.50. The zero-order chi connectivity index (χ0) is 20.4. The minimum absolute atomic E-state index is 0.00969. The first-order chi connectivity index (χ1) is 13.3. The zero-order valence-electron chi connectivity index (χ0n) is 17.4. The number of piperazine rings is 1. The van der Waals surface area contributed by atoms with E-state index in [-0.39, 0.29) is 18.0 Å². The minimum Gasteiger partial charge on any atom is -0.345 e. The molecule has 1 N–H and O–H groups in total. The number of benzene rings is 1. The second-order valence-electron chi connectivity index (χ2n) is 7.86. The Hall–Kier alpha value is -2.61. The molecule has 3 amide bonds. The van der Waals surface area contributed by atoms with Crippen LogP contribution in [0.15, 0.2) is 18.2 Å². The maximum absolute atomic E-state index is 12.2. The molecule has 8 nitrogen and oxygen atoms in total. The lowest BCUT2D eigenvalue weighted by Gasteiger charge is -2.34. The van der Waals surface area contributed by atoms with Gasteiger partial charge in [-0.15, -0.1) is 0 Å². The fourth-order valence-corrected chi connectivity index (χ4v) is 3.43. The van der Waals surface area contributed by atoms with Crippen molar-refractivity contribution in [2.24, 2.45) is 7.05 Å². The summed E-state index contributed by atoms with van der Waals surface area (Å²) in [5, 5.41) is 2.95. The lowest BCUT2D eigenvalue weighted by Crippen LogP contribution is -2.52. The Morgan fingerprint density at radius 2 is 1.86 bits per heavy atom. The molecular formula is C20H30N6O2. The van der Waals surface area contributed by atoms with Crippen molar-refractivity contribution in [3.63, 3.8) is 0 Å². The van der Waals surface area contributed by atoms with Crippen LogP contribution < -0.4 is 5.32 Å². The lowest BCUT2D eigenvalue weighted by atomic mass is 10.2. The summed E-state index contributed by atoms with van der Waals surface area (Å²) >= 11 is 0. The van der Waals surface area contributed by atoms with Gasteiger partial charge in [0.05, 0.1) is 17.6 Å². The monoisotopic (exact) mass is 386 g/mol. The van der Waals surface area contributed by atoms with Crippen molar-refractivity contribution in [2.45, 2.75) is 26.4 Å². The largest absolute Gasteiger partial charge is 0.345 e. The number of nitrogens with one attached hydrogen (secondary N) is 1. The summed E-state index contributed by atoms with van der Waals surface area (Å²) in [6.07, 6.45) is 0. The van der Waals surface area contributed by atoms with Gasteiger partial charge in [-0.25, -0.2) is 9.78 Å². The molecule has 1 aliphatic heterocycles. The summed E-state index contributed by atoms with van der Waals surface area (Å²) in [5.41, 5.74) is 2.49. The Balaban J connectivity index is 1.67. The first kappa shape index (κ1) is 20.1. The van der Waals surface area contributed by atoms with Crippen LogP contribution in [0.2, 0.25) is 0 Å². The first-order valence-electron chi connectivity index (χ1n) is 9.71. The number of nitrogens with zero attached hydrogens (tertiary/aromatic N) is 5. The highest BCUT2D eigenvalue weighted by Gasteiger charge is 2.23. The van der Waals surface area contributed by atoms with Crippen LogP contribution >= 0.6 is 0 Å². The molecule has 0 saturated carbocycles. The van der Waals surface area contributed by atoms with Crippen LogP contribution in [0.5, 0.6) is 0 Å². The first-order valence-corrected chi connectivity index (χ1v) is 9.71. The van der Waals surface area contributed by atoms with Crippen molar-refractivity contribution >= 4 is 23.0 Å². The van der Waals surface area contributed by atoms with E-state index in [1.54, 1.807) is 19.0 Å². The van der Waals surface area contributed by atoms with Gasteiger partial charge in [-0.05, 0) is 32.0 Å².